The van der Waals surface area contributed by atoms with Gasteiger partial charge in [0.25, 0.3) is 5.91 Å². The van der Waals surface area contributed by atoms with Gasteiger partial charge in [0.1, 0.15) is 5.75 Å². The van der Waals surface area contributed by atoms with Gasteiger partial charge >= 0.3 is 6.03 Å². The number of urea groups is 1. The van der Waals surface area contributed by atoms with Crippen molar-refractivity contribution in [2.45, 2.75) is 6.92 Å². The fraction of sp³-hybridized carbons (Fsp3) is 0.333. The molecular formula is C12H13BrN2O3. The lowest BCUT2D eigenvalue weighted by Gasteiger charge is -2.13. The van der Waals surface area contributed by atoms with Crippen molar-refractivity contribution in [3.63, 3.8) is 0 Å². The van der Waals surface area contributed by atoms with Gasteiger partial charge < -0.3 is 10.1 Å². The molecule has 18 heavy (non-hydrogen) atoms. The van der Waals surface area contributed by atoms with Crippen LogP contribution in [-0.4, -0.2) is 36.5 Å². The summed E-state index contributed by atoms with van der Waals surface area (Å²) in [6.07, 6.45) is 0. The fourth-order valence-corrected chi connectivity index (χ4v) is 2.26. The molecule has 2 rings (SSSR count). The standard InChI is InChI=1S/C12H13BrN2O3/c1-8-2-3-10(9(13)6-8)18-7-11(16)15-5-4-14-12(15)17/h2-3,6H,4-5,7H2,1H3,(H,14,17). The molecule has 0 saturated carbocycles. The van der Waals surface area contributed by atoms with Crippen LogP contribution < -0.4 is 10.1 Å². The lowest BCUT2D eigenvalue weighted by Crippen LogP contribution is -2.37. The van der Waals surface area contributed by atoms with E-state index in [1.54, 1.807) is 6.07 Å². The first-order chi connectivity index (χ1) is 8.58. The van der Waals surface area contributed by atoms with E-state index in [4.69, 9.17) is 4.74 Å². The first kappa shape index (κ1) is 12.9. The Kier molecular flexibility index (Phi) is 3.86. The summed E-state index contributed by atoms with van der Waals surface area (Å²) in [5.41, 5.74) is 1.10. The smallest absolute Gasteiger partial charge is 0.324 e. The van der Waals surface area contributed by atoms with E-state index >= 15 is 0 Å². The Morgan fingerprint density at radius 3 is 2.94 bits per heavy atom. The summed E-state index contributed by atoms with van der Waals surface area (Å²) in [6, 6.07) is 5.23. The zero-order valence-electron chi connectivity index (χ0n) is 9.90. The van der Waals surface area contributed by atoms with E-state index in [1.165, 1.54) is 0 Å². The normalized spacial score (nSPS) is 14.6. The van der Waals surface area contributed by atoms with Gasteiger partial charge in [-0.2, -0.15) is 0 Å². The van der Waals surface area contributed by atoms with Gasteiger partial charge in [0, 0.05) is 13.1 Å². The van der Waals surface area contributed by atoms with Crippen molar-refractivity contribution >= 4 is 27.9 Å². The number of ether oxygens (including phenoxy) is 1. The summed E-state index contributed by atoms with van der Waals surface area (Å²) >= 11 is 3.36. The Morgan fingerprint density at radius 1 is 1.56 bits per heavy atom. The number of halogens is 1. The van der Waals surface area contributed by atoms with Gasteiger partial charge in [0.05, 0.1) is 4.47 Å². The molecular weight excluding hydrogens is 300 g/mol. The van der Waals surface area contributed by atoms with Gasteiger partial charge in [0.15, 0.2) is 6.61 Å². The van der Waals surface area contributed by atoms with Crippen LogP contribution in [0.5, 0.6) is 5.75 Å². The summed E-state index contributed by atoms with van der Waals surface area (Å²) in [5.74, 6) is 0.256. The second kappa shape index (κ2) is 5.39. The molecule has 0 atom stereocenters. The molecule has 1 heterocycles. The van der Waals surface area contributed by atoms with Crippen LogP contribution in [-0.2, 0) is 4.79 Å². The highest BCUT2D eigenvalue weighted by Gasteiger charge is 2.26. The number of carbonyl (C=O) groups is 2. The number of nitrogens with zero attached hydrogens (tertiary/aromatic N) is 1. The average Bonchev–Trinajstić information content (AvgIpc) is 2.74. The maximum Gasteiger partial charge on any atom is 0.324 e. The molecule has 0 radical (unpaired) electrons. The third kappa shape index (κ3) is 2.81. The van der Waals surface area contributed by atoms with E-state index in [-0.39, 0.29) is 18.5 Å². The van der Waals surface area contributed by atoms with E-state index in [9.17, 15) is 9.59 Å². The second-order valence-electron chi connectivity index (χ2n) is 4.00. The Balaban J connectivity index is 1.95. The summed E-state index contributed by atoms with van der Waals surface area (Å²) in [4.78, 5) is 24.2. The molecule has 6 heteroatoms. The van der Waals surface area contributed by atoms with Gasteiger partial charge in [-0.1, -0.05) is 6.07 Å². The Bertz CT molecular complexity index is 490. The SMILES string of the molecule is Cc1ccc(OCC(=O)N2CCNC2=O)c(Br)c1. The van der Waals surface area contributed by atoms with E-state index in [2.05, 4.69) is 21.2 Å². The summed E-state index contributed by atoms with van der Waals surface area (Å²) < 4.78 is 6.19. The minimum absolute atomic E-state index is 0.144. The quantitative estimate of drug-likeness (QED) is 0.924. The number of carbonyl (C=O) groups excluding carboxylic acids is 2. The maximum atomic E-state index is 11.7. The first-order valence-electron chi connectivity index (χ1n) is 5.55. The summed E-state index contributed by atoms with van der Waals surface area (Å²) in [7, 11) is 0. The van der Waals surface area contributed by atoms with Crippen molar-refractivity contribution < 1.29 is 14.3 Å². The van der Waals surface area contributed by atoms with E-state index in [0.717, 1.165) is 14.9 Å². The molecule has 1 aliphatic rings. The topological polar surface area (TPSA) is 58.6 Å². The molecule has 0 aromatic heterocycles. The molecule has 5 nitrogen and oxygen atoms in total. The van der Waals surface area contributed by atoms with Crippen molar-refractivity contribution in [2.75, 3.05) is 19.7 Å². The van der Waals surface area contributed by atoms with Gasteiger partial charge in [-0.15, -0.1) is 0 Å². The molecule has 1 N–H and O–H groups in total. The van der Waals surface area contributed by atoms with Crippen LogP contribution in [0.25, 0.3) is 0 Å². The van der Waals surface area contributed by atoms with Crippen molar-refractivity contribution in [3.8, 4) is 5.75 Å². The Morgan fingerprint density at radius 2 is 2.33 bits per heavy atom. The molecule has 1 aliphatic heterocycles. The molecule has 3 amide bonds. The number of amides is 3. The molecule has 1 aromatic carbocycles. The zero-order valence-corrected chi connectivity index (χ0v) is 11.5. The van der Waals surface area contributed by atoms with Crippen LogP contribution in [0.1, 0.15) is 5.56 Å². The number of imide groups is 1. The van der Waals surface area contributed by atoms with Gasteiger partial charge in [-0.25, -0.2) is 4.79 Å². The third-order valence-electron chi connectivity index (χ3n) is 2.60. The summed E-state index contributed by atoms with van der Waals surface area (Å²) in [5, 5.41) is 2.57. The van der Waals surface area contributed by atoms with Gasteiger partial charge in [-0.3, -0.25) is 9.69 Å². The van der Waals surface area contributed by atoms with E-state index in [1.807, 2.05) is 19.1 Å². The highest BCUT2D eigenvalue weighted by molar-refractivity contribution is 9.10. The molecule has 0 aliphatic carbocycles. The molecule has 96 valence electrons. The second-order valence-corrected chi connectivity index (χ2v) is 4.85. The van der Waals surface area contributed by atoms with E-state index in [0.29, 0.717) is 18.8 Å². The highest BCUT2D eigenvalue weighted by Crippen LogP contribution is 2.25. The predicted octanol–water partition coefficient (Wildman–Crippen LogP) is 1.69. The minimum Gasteiger partial charge on any atom is -0.483 e. The lowest BCUT2D eigenvalue weighted by molar-refractivity contribution is -0.129. The van der Waals surface area contributed by atoms with Crippen LogP contribution in [0.15, 0.2) is 22.7 Å². The molecule has 1 saturated heterocycles. The largest absolute Gasteiger partial charge is 0.483 e. The lowest BCUT2D eigenvalue weighted by atomic mass is 10.2. The van der Waals surface area contributed by atoms with Gasteiger partial charge in [0.2, 0.25) is 0 Å². The van der Waals surface area contributed by atoms with Crippen LogP contribution in [0.4, 0.5) is 4.79 Å². The highest BCUT2D eigenvalue weighted by atomic mass is 79.9. The van der Waals surface area contributed by atoms with Crippen LogP contribution in [0.3, 0.4) is 0 Å². The van der Waals surface area contributed by atoms with Crippen LogP contribution >= 0.6 is 15.9 Å². The summed E-state index contributed by atoms with van der Waals surface area (Å²) in [6.45, 7) is 2.72. The number of hydrogen-bond donors (Lipinski definition) is 1. The van der Waals surface area contributed by atoms with Crippen molar-refractivity contribution in [1.29, 1.82) is 0 Å². The monoisotopic (exact) mass is 312 g/mol. The van der Waals surface area contributed by atoms with Crippen LogP contribution in [0.2, 0.25) is 0 Å². The number of hydrogen-bond acceptors (Lipinski definition) is 3. The first-order valence-corrected chi connectivity index (χ1v) is 6.34. The third-order valence-corrected chi connectivity index (χ3v) is 3.22. The van der Waals surface area contributed by atoms with Crippen molar-refractivity contribution in [3.05, 3.63) is 28.2 Å². The minimum atomic E-state index is -0.355. The van der Waals surface area contributed by atoms with E-state index < -0.39 is 0 Å². The molecule has 0 bridgehead atoms. The zero-order chi connectivity index (χ0) is 13.1. The molecule has 0 unspecified atom stereocenters. The maximum absolute atomic E-state index is 11.7. The predicted molar refractivity (Wildman–Crippen MR) is 69.5 cm³/mol. The molecule has 0 spiro atoms. The number of nitrogens with one attached hydrogen (secondary N) is 1. The van der Waals surface area contributed by atoms with Crippen molar-refractivity contribution in [2.24, 2.45) is 0 Å². The number of aryl methyl sites for hydroxylation is 1. The van der Waals surface area contributed by atoms with Crippen molar-refractivity contribution in [1.82, 2.24) is 10.2 Å². The molecule has 1 fully saturated rings. The van der Waals surface area contributed by atoms with Crippen LogP contribution in [0, 0.1) is 6.92 Å². The van der Waals surface area contributed by atoms with Gasteiger partial charge in [-0.05, 0) is 40.5 Å². The number of benzene rings is 1. The Labute approximate surface area is 113 Å². The number of rotatable bonds is 3. The molecule has 1 aromatic rings. The Hall–Kier alpha value is -1.56. The fourth-order valence-electron chi connectivity index (χ4n) is 1.65. The average molecular weight is 313 g/mol.